The number of nitrogens with zero attached hydrogens (tertiary/aromatic N) is 3. The average molecular weight is 256 g/mol. The van der Waals surface area contributed by atoms with E-state index in [2.05, 4.69) is 38.1 Å². The van der Waals surface area contributed by atoms with E-state index >= 15 is 0 Å². The van der Waals surface area contributed by atoms with Gasteiger partial charge in [-0.05, 0) is 35.6 Å². The molecule has 0 saturated carbocycles. The summed E-state index contributed by atoms with van der Waals surface area (Å²) in [7, 11) is 1.93. The van der Waals surface area contributed by atoms with Crippen LogP contribution in [0.2, 0.25) is 0 Å². The summed E-state index contributed by atoms with van der Waals surface area (Å²) >= 11 is 1.37. The second-order valence-electron chi connectivity index (χ2n) is 4.00. The van der Waals surface area contributed by atoms with Crippen molar-refractivity contribution in [2.45, 2.75) is 6.04 Å². The fourth-order valence-corrected chi connectivity index (χ4v) is 2.63. The Morgan fingerprint density at radius 1 is 1.28 bits per heavy atom. The van der Waals surface area contributed by atoms with Gasteiger partial charge >= 0.3 is 0 Å². The topological polar surface area (TPSA) is 50.7 Å². The van der Waals surface area contributed by atoms with E-state index in [-0.39, 0.29) is 6.04 Å². The Balaban J connectivity index is 2.18. The summed E-state index contributed by atoms with van der Waals surface area (Å²) in [5.74, 6) is 0. The van der Waals surface area contributed by atoms with Crippen molar-refractivity contribution in [1.82, 2.24) is 19.9 Å². The third kappa shape index (κ3) is 1.87. The maximum absolute atomic E-state index is 4.21. The van der Waals surface area contributed by atoms with Gasteiger partial charge in [0, 0.05) is 23.2 Å². The van der Waals surface area contributed by atoms with Crippen molar-refractivity contribution in [2.75, 3.05) is 7.05 Å². The Kier molecular flexibility index (Phi) is 3.00. The van der Waals surface area contributed by atoms with Crippen LogP contribution in [0.15, 0.2) is 42.0 Å². The average Bonchev–Trinajstić information content (AvgIpc) is 2.94. The van der Waals surface area contributed by atoms with Crippen LogP contribution in [-0.4, -0.2) is 21.6 Å². The maximum atomic E-state index is 4.21. The zero-order chi connectivity index (χ0) is 12.4. The minimum atomic E-state index is 0.0525. The molecule has 0 radical (unpaired) electrons. The van der Waals surface area contributed by atoms with E-state index in [4.69, 9.17) is 0 Å². The van der Waals surface area contributed by atoms with Gasteiger partial charge in [-0.2, -0.15) is 0 Å². The smallest absolute Gasteiger partial charge is 0.0970 e. The first-order valence-electron chi connectivity index (χ1n) is 5.67. The zero-order valence-electron chi connectivity index (χ0n) is 9.87. The number of rotatable bonds is 3. The van der Waals surface area contributed by atoms with Gasteiger partial charge in [-0.1, -0.05) is 22.7 Å². The van der Waals surface area contributed by atoms with Crippen molar-refractivity contribution >= 4 is 22.3 Å². The van der Waals surface area contributed by atoms with Crippen LogP contribution in [0, 0.1) is 0 Å². The van der Waals surface area contributed by atoms with Crippen LogP contribution >= 0.6 is 11.5 Å². The highest BCUT2D eigenvalue weighted by Crippen LogP contribution is 2.27. The summed E-state index contributed by atoms with van der Waals surface area (Å²) < 4.78 is 3.93. The van der Waals surface area contributed by atoms with E-state index in [1.54, 1.807) is 0 Å². The summed E-state index contributed by atoms with van der Waals surface area (Å²) in [5, 5.41) is 11.7. The van der Waals surface area contributed by atoms with Crippen molar-refractivity contribution in [2.24, 2.45) is 0 Å². The summed E-state index contributed by atoms with van der Waals surface area (Å²) in [6.45, 7) is 0. The quantitative estimate of drug-likeness (QED) is 0.781. The molecule has 2 aromatic heterocycles. The van der Waals surface area contributed by atoms with E-state index in [0.29, 0.717) is 0 Å². The molecule has 0 bridgehead atoms. The lowest BCUT2D eigenvalue weighted by atomic mass is 9.99. The molecule has 3 rings (SSSR count). The maximum Gasteiger partial charge on any atom is 0.0970 e. The highest BCUT2D eigenvalue weighted by molar-refractivity contribution is 7.03. The molecule has 0 aliphatic heterocycles. The van der Waals surface area contributed by atoms with Crippen molar-refractivity contribution in [3.8, 4) is 0 Å². The monoisotopic (exact) mass is 256 g/mol. The van der Waals surface area contributed by atoms with Crippen molar-refractivity contribution in [1.29, 1.82) is 0 Å². The third-order valence-electron chi connectivity index (χ3n) is 2.99. The van der Waals surface area contributed by atoms with Crippen LogP contribution in [-0.2, 0) is 0 Å². The molecule has 0 aliphatic rings. The largest absolute Gasteiger partial charge is 0.308 e. The van der Waals surface area contributed by atoms with Gasteiger partial charge in [0.15, 0.2) is 0 Å². The van der Waals surface area contributed by atoms with Crippen molar-refractivity contribution < 1.29 is 0 Å². The molecule has 90 valence electrons. The molecule has 0 amide bonds. The molecule has 1 N–H and O–H groups in total. The predicted molar refractivity (Wildman–Crippen MR) is 72.6 cm³/mol. The molecule has 1 aromatic carbocycles. The van der Waals surface area contributed by atoms with E-state index in [0.717, 1.165) is 11.1 Å². The van der Waals surface area contributed by atoms with Crippen LogP contribution in [0.1, 0.15) is 17.3 Å². The minimum absolute atomic E-state index is 0.0525. The van der Waals surface area contributed by atoms with Crippen LogP contribution in [0.5, 0.6) is 0 Å². The summed E-state index contributed by atoms with van der Waals surface area (Å²) in [4.78, 5) is 4.21. The highest BCUT2D eigenvalue weighted by Gasteiger charge is 2.16. The first kappa shape index (κ1) is 11.3. The second kappa shape index (κ2) is 4.80. The lowest BCUT2D eigenvalue weighted by Gasteiger charge is -2.15. The Bertz CT molecular complexity index is 646. The molecular formula is C13H12N4S. The molecule has 0 fully saturated rings. The number of benzene rings is 1. The summed E-state index contributed by atoms with van der Waals surface area (Å²) in [6.07, 6.45) is 3.71. The number of fused-ring (bicyclic) bond motifs is 1. The van der Waals surface area contributed by atoms with Crippen molar-refractivity contribution in [3.63, 3.8) is 0 Å². The summed E-state index contributed by atoms with van der Waals surface area (Å²) in [6, 6.07) is 8.32. The van der Waals surface area contributed by atoms with Gasteiger partial charge < -0.3 is 5.32 Å². The zero-order valence-corrected chi connectivity index (χ0v) is 10.7. The Labute approximate surface area is 109 Å². The lowest BCUT2D eigenvalue weighted by molar-refractivity contribution is 0.672. The Morgan fingerprint density at radius 3 is 3.00 bits per heavy atom. The fraction of sp³-hybridized carbons (Fsp3) is 0.154. The molecule has 1 unspecified atom stereocenters. The highest BCUT2D eigenvalue weighted by atomic mass is 32.1. The molecular weight excluding hydrogens is 244 g/mol. The van der Waals surface area contributed by atoms with Gasteiger partial charge in [-0.25, -0.2) is 0 Å². The van der Waals surface area contributed by atoms with Crippen molar-refractivity contribution in [3.05, 3.63) is 53.3 Å². The van der Waals surface area contributed by atoms with E-state index in [1.165, 1.54) is 22.5 Å². The lowest BCUT2D eigenvalue weighted by Crippen LogP contribution is -2.18. The minimum Gasteiger partial charge on any atom is -0.308 e. The van der Waals surface area contributed by atoms with Crippen LogP contribution < -0.4 is 5.32 Å². The van der Waals surface area contributed by atoms with Gasteiger partial charge in [0.25, 0.3) is 0 Å². The summed E-state index contributed by atoms with van der Waals surface area (Å²) in [5.41, 5.74) is 2.12. The Hall–Kier alpha value is -1.85. The molecule has 0 saturated heterocycles. The number of aromatic nitrogens is 3. The molecule has 3 aromatic rings. The second-order valence-corrected chi connectivity index (χ2v) is 4.61. The van der Waals surface area contributed by atoms with E-state index in [9.17, 15) is 0 Å². The van der Waals surface area contributed by atoms with Gasteiger partial charge in [-0.15, -0.1) is 5.10 Å². The third-order valence-corrected chi connectivity index (χ3v) is 3.51. The van der Waals surface area contributed by atoms with Gasteiger partial charge in [-0.3, -0.25) is 4.98 Å². The molecule has 5 heteroatoms. The van der Waals surface area contributed by atoms with E-state index < -0.39 is 0 Å². The van der Waals surface area contributed by atoms with Crippen LogP contribution in [0.3, 0.4) is 0 Å². The number of hydrogen-bond acceptors (Lipinski definition) is 5. The number of pyridine rings is 1. The Morgan fingerprint density at radius 2 is 2.22 bits per heavy atom. The number of hydrogen-bond donors (Lipinski definition) is 1. The standard InChI is InChI=1S/C13H12N4S/c1-14-13(12-8-18-17-16-12)10-4-2-3-9-5-6-15-7-11(9)10/h2-8,13-14H,1H3. The molecule has 0 spiro atoms. The number of nitrogens with one attached hydrogen (secondary N) is 1. The first-order valence-corrected chi connectivity index (χ1v) is 6.50. The normalized spacial score (nSPS) is 12.7. The van der Waals surface area contributed by atoms with Gasteiger partial charge in [0.1, 0.15) is 0 Å². The molecule has 0 aliphatic carbocycles. The van der Waals surface area contributed by atoms with Crippen LogP contribution in [0.25, 0.3) is 10.8 Å². The van der Waals surface area contributed by atoms with Gasteiger partial charge in [0.2, 0.25) is 0 Å². The SMILES string of the molecule is CNC(c1csnn1)c1cccc2ccncc12. The first-order chi connectivity index (χ1) is 8.90. The fourth-order valence-electron chi connectivity index (χ4n) is 2.15. The molecule has 1 atom stereocenters. The molecule has 4 nitrogen and oxygen atoms in total. The van der Waals surface area contributed by atoms with Gasteiger partial charge in [0.05, 0.1) is 11.7 Å². The van der Waals surface area contributed by atoms with Crippen LogP contribution in [0.4, 0.5) is 0 Å². The van der Waals surface area contributed by atoms with E-state index in [1.807, 2.05) is 30.9 Å². The predicted octanol–water partition coefficient (Wildman–Crippen LogP) is 2.40. The molecule has 18 heavy (non-hydrogen) atoms. The molecule has 2 heterocycles.